The first-order chi connectivity index (χ1) is 15.0. The van der Waals surface area contributed by atoms with Crippen LogP contribution in [0.1, 0.15) is 43.4 Å². The second-order valence-electron chi connectivity index (χ2n) is 9.24. The number of ether oxygens (including phenoxy) is 1. The second kappa shape index (κ2) is 8.13. The molecule has 0 radical (unpaired) electrons. The van der Waals surface area contributed by atoms with E-state index >= 15 is 0 Å². The predicted molar refractivity (Wildman–Crippen MR) is 118 cm³/mol. The summed E-state index contributed by atoms with van der Waals surface area (Å²) in [5.74, 6) is 0.247. The first-order valence-electron chi connectivity index (χ1n) is 10.6. The summed E-state index contributed by atoms with van der Waals surface area (Å²) in [7, 11) is 0. The maximum atomic E-state index is 14.0. The number of hydrogen-bond donors (Lipinski definition) is 0. The highest BCUT2D eigenvalue weighted by atomic mass is 79.9. The van der Waals surface area contributed by atoms with Crippen molar-refractivity contribution in [3.05, 3.63) is 34.1 Å². The van der Waals surface area contributed by atoms with E-state index in [0.717, 1.165) is 0 Å². The fourth-order valence-electron chi connectivity index (χ4n) is 4.66. The van der Waals surface area contributed by atoms with Crippen molar-refractivity contribution in [3.8, 4) is 0 Å². The molecule has 0 N–H and O–H groups in total. The molecule has 0 bridgehead atoms. The lowest BCUT2D eigenvalue weighted by Gasteiger charge is -2.51. The van der Waals surface area contributed by atoms with Gasteiger partial charge in [-0.25, -0.2) is 9.50 Å². The van der Waals surface area contributed by atoms with Crippen LogP contribution < -0.4 is 4.90 Å². The van der Waals surface area contributed by atoms with Crippen LogP contribution in [-0.2, 0) is 11.2 Å². The average Bonchev–Trinajstić information content (AvgIpc) is 3.09. The van der Waals surface area contributed by atoms with Crippen molar-refractivity contribution in [1.29, 1.82) is 0 Å². The molecular formula is C22H26BrF3N4O2. The van der Waals surface area contributed by atoms with E-state index < -0.39 is 22.9 Å². The van der Waals surface area contributed by atoms with Crippen molar-refractivity contribution in [3.63, 3.8) is 0 Å². The Morgan fingerprint density at radius 3 is 2.59 bits per heavy atom. The normalized spacial score (nSPS) is 26.0. The van der Waals surface area contributed by atoms with Crippen molar-refractivity contribution in [1.82, 2.24) is 14.6 Å². The molecule has 4 rings (SSSR count). The number of aldehydes is 1. The largest absolute Gasteiger partial charge is 0.395 e. The number of anilines is 1. The van der Waals surface area contributed by atoms with Gasteiger partial charge in [0.05, 0.1) is 28.8 Å². The monoisotopic (exact) mass is 514 g/mol. The van der Waals surface area contributed by atoms with Gasteiger partial charge in [-0.05, 0) is 40.1 Å². The summed E-state index contributed by atoms with van der Waals surface area (Å²) < 4.78 is 49.8. The van der Waals surface area contributed by atoms with Crippen LogP contribution in [0.2, 0.25) is 0 Å². The molecule has 1 aliphatic heterocycles. The number of hydrogen-bond acceptors (Lipinski definition) is 5. The highest BCUT2D eigenvalue weighted by Gasteiger charge is 2.61. The molecular weight excluding hydrogens is 489 g/mol. The van der Waals surface area contributed by atoms with Crippen LogP contribution in [0.4, 0.5) is 19.0 Å². The summed E-state index contributed by atoms with van der Waals surface area (Å²) in [4.78, 5) is 18.3. The van der Waals surface area contributed by atoms with Crippen LogP contribution in [0.15, 0.2) is 22.7 Å². The van der Waals surface area contributed by atoms with Crippen LogP contribution in [0.25, 0.3) is 5.65 Å². The van der Waals surface area contributed by atoms with E-state index in [9.17, 15) is 18.0 Å². The summed E-state index contributed by atoms with van der Waals surface area (Å²) in [6, 6.07) is 1.84. The lowest BCUT2D eigenvalue weighted by molar-refractivity contribution is -0.261. The zero-order valence-corrected chi connectivity index (χ0v) is 19.8. The summed E-state index contributed by atoms with van der Waals surface area (Å²) in [5.41, 5.74) is -1.80. The highest BCUT2D eigenvalue weighted by Crippen LogP contribution is 2.59. The van der Waals surface area contributed by atoms with E-state index in [1.165, 1.54) is 6.92 Å². The number of nitrogens with zero attached hydrogens (tertiary/aromatic N) is 4. The van der Waals surface area contributed by atoms with E-state index in [1.54, 1.807) is 24.4 Å². The SMILES string of the molecule is CC1(C)C(Cc2c(C=O)nc3c(Br)cc(N4CCOCC4)nn23)C=CCC1(C)C(F)(F)F. The van der Waals surface area contributed by atoms with Gasteiger partial charge in [0.1, 0.15) is 5.69 Å². The Labute approximate surface area is 192 Å². The Balaban J connectivity index is 1.78. The van der Waals surface area contributed by atoms with Crippen molar-refractivity contribution in [2.75, 3.05) is 31.2 Å². The van der Waals surface area contributed by atoms with Crippen LogP contribution in [0.5, 0.6) is 0 Å². The molecule has 1 aliphatic carbocycles. The summed E-state index contributed by atoms with van der Waals surface area (Å²) in [5, 5.41) is 4.72. The summed E-state index contributed by atoms with van der Waals surface area (Å²) in [6.45, 7) is 7.12. The van der Waals surface area contributed by atoms with E-state index in [2.05, 4.69) is 25.8 Å². The quantitative estimate of drug-likeness (QED) is 0.431. The Morgan fingerprint density at radius 1 is 1.28 bits per heavy atom. The molecule has 2 aromatic heterocycles. The number of morpholine rings is 1. The zero-order valence-electron chi connectivity index (χ0n) is 18.2. The third kappa shape index (κ3) is 3.65. The smallest absolute Gasteiger partial charge is 0.378 e. The lowest BCUT2D eigenvalue weighted by atomic mass is 9.55. The number of aromatic nitrogens is 3. The number of carbonyl (C=O) groups is 1. The molecule has 10 heteroatoms. The van der Waals surface area contributed by atoms with Gasteiger partial charge in [0, 0.05) is 19.2 Å². The third-order valence-electron chi connectivity index (χ3n) is 7.38. The highest BCUT2D eigenvalue weighted by molar-refractivity contribution is 9.10. The van der Waals surface area contributed by atoms with Gasteiger partial charge in [0.2, 0.25) is 0 Å². The zero-order chi connectivity index (χ0) is 23.3. The number of halogens is 4. The molecule has 0 amide bonds. The van der Waals surface area contributed by atoms with Crippen molar-refractivity contribution in [2.45, 2.75) is 39.8 Å². The fourth-order valence-corrected chi connectivity index (χ4v) is 5.12. The van der Waals surface area contributed by atoms with Crippen LogP contribution in [0.3, 0.4) is 0 Å². The molecule has 2 unspecified atom stereocenters. The van der Waals surface area contributed by atoms with Gasteiger partial charge in [0.25, 0.3) is 0 Å². The average molecular weight is 515 g/mol. The molecule has 0 saturated carbocycles. The van der Waals surface area contributed by atoms with Crippen molar-refractivity contribution in [2.24, 2.45) is 16.7 Å². The van der Waals surface area contributed by atoms with Gasteiger partial charge in [-0.15, -0.1) is 5.10 Å². The molecule has 6 nitrogen and oxygen atoms in total. The Hall–Kier alpha value is -1.94. The summed E-state index contributed by atoms with van der Waals surface area (Å²) >= 11 is 3.52. The Morgan fingerprint density at radius 2 is 1.97 bits per heavy atom. The standard InChI is InChI=1S/C22H26BrF3N4O2/c1-20(2)14(5-4-6-21(20,3)22(24,25)26)11-17-16(13-31)27-19-15(23)12-18(28-30(17)19)29-7-9-32-10-8-29/h4-5,12-14H,6-11H2,1-3H3. The van der Waals surface area contributed by atoms with E-state index in [0.29, 0.717) is 54.2 Å². The minimum Gasteiger partial charge on any atom is -0.378 e. The van der Waals surface area contributed by atoms with Gasteiger partial charge in [-0.1, -0.05) is 32.9 Å². The van der Waals surface area contributed by atoms with Gasteiger partial charge in [-0.3, -0.25) is 4.79 Å². The maximum absolute atomic E-state index is 14.0. The van der Waals surface area contributed by atoms with Gasteiger partial charge in [0.15, 0.2) is 17.8 Å². The van der Waals surface area contributed by atoms with E-state index in [-0.39, 0.29) is 18.5 Å². The maximum Gasteiger partial charge on any atom is 0.395 e. The first kappa shape index (κ1) is 23.2. The Kier molecular flexibility index (Phi) is 5.90. The van der Waals surface area contributed by atoms with E-state index in [4.69, 9.17) is 9.84 Å². The molecule has 0 aromatic carbocycles. The predicted octanol–water partition coefficient (Wildman–Crippen LogP) is 4.85. The van der Waals surface area contributed by atoms with E-state index in [1.807, 2.05) is 12.1 Å². The minimum atomic E-state index is -4.35. The number of imidazole rings is 1. The molecule has 0 spiro atoms. The Bertz CT molecular complexity index is 1060. The van der Waals surface area contributed by atoms with Gasteiger partial charge < -0.3 is 9.64 Å². The number of alkyl halides is 3. The number of allylic oxidation sites excluding steroid dienone is 2. The second-order valence-corrected chi connectivity index (χ2v) is 10.1. The fraction of sp³-hybridized carbons (Fsp3) is 0.591. The first-order valence-corrected chi connectivity index (χ1v) is 11.4. The van der Waals surface area contributed by atoms with Crippen LogP contribution >= 0.6 is 15.9 Å². The number of rotatable bonds is 4. The molecule has 2 aliphatic rings. The molecule has 174 valence electrons. The molecule has 1 fully saturated rings. The molecule has 32 heavy (non-hydrogen) atoms. The number of fused-ring (bicyclic) bond motifs is 1. The van der Waals surface area contributed by atoms with Crippen LogP contribution in [0, 0.1) is 16.7 Å². The number of carbonyl (C=O) groups excluding carboxylic acids is 1. The molecule has 2 atom stereocenters. The lowest BCUT2D eigenvalue weighted by Crippen LogP contribution is -2.52. The third-order valence-corrected chi connectivity index (χ3v) is 7.96. The van der Waals surface area contributed by atoms with Crippen LogP contribution in [-0.4, -0.2) is 53.4 Å². The summed E-state index contributed by atoms with van der Waals surface area (Å²) in [6.07, 6.45) is -0.113. The van der Waals surface area contributed by atoms with Crippen molar-refractivity contribution < 1.29 is 22.7 Å². The molecule has 1 saturated heterocycles. The van der Waals surface area contributed by atoms with Crippen molar-refractivity contribution >= 4 is 33.7 Å². The van der Waals surface area contributed by atoms with Gasteiger partial charge >= 0.3 is 6.18 Å². The molecule has 3 heterocycles. The minimum absolute atomic E-state index is 0.0708. The van der Waals surface area contributed by atoms with Gasteiger partial charge in [-0.2, -0.15) is 13.2 Å². The molecule has 2 aromatic rings. The topological polar surface area (TPSA) is 59.7 Å².